The van der Waals surface area contributed by atoms with Crippen molar-refractivity contribution in [2.24, 2.45) is 5.92 Å². The van der Waals surface area contributed by atoms with Gasteiger partial charge in [-0.15, -0.1) is 0 Å². The maximum Gasteiger partial charge on any atom is 0.225 e. The van der Waals surface area contributed by atoms with Crippen LogP contribution in [0, 0.1) is 5.92 Å². The molecule has 2 unspecified atom stereocenters. The van der Waals surface area contributed by atoms with Crippen LogP contribution in [0.5, 0.6) is 0 Å². The summed E-state index contributed by atoms with van der Waals surface area (Å²) in [5.74, 6) is 0.358. The lowest BCUT2D eigenvalue weighted by atomic mass is 10.1. The summed E-state index contributed by atoms with van der Waals surface area (Å²) in [7, 11) is 2.08. The maximum absolute atomic E-state index is 11.5. The second-order valence-corrected chi connectivity index (χ2v) is 3.78. The summed E-state index contributed by atoms with van der Waals surface area (Å²) >= 11 is 0. The number of likely N-dealkylation sites (N-methyl/N-ethyl adjacent to an activating group) is 1. The first-order valence-corrected chi connectivity index (χ1v) is 4.45. The Morgan fingerprint density at radius 2 is 2.25 bits per heavy atom. The molecule has 2 aliphatic heterocycles. The van der Waals surface area contributed by atoms with Crippen LogP contribution in [0.1, 0.15) is 0 Å². The lowest BCUT2D eigenvalue weighted by Gasteiger charge is -2.23. The number of amides is 1. The summed E-state index contributed by atoms with van der Waals surface area (Å²) in [6, 6.07) is 0.301. The van der Waals surface area contributed by atoms with E-state index in [0.717, 1.165) is 26.2 Å². The second-order valence-electron chi connectivity index (χ2n) is 3.78. The number of nitrogens with one attached hydrogen (secondary N) is 2. The van der Waals surface area contributed by atoms with Gasteiger partial charge in [0.25, 0.3) is 0 Å². The van der Waals surface area contributed by atoms with Crippen LogP contribution in [-0.4, -0.2) is 50.1 Å². The molecule has 2 bridgehead atoms. The Hall–Kier alpha value is -0.610. The van der Waals surface area contributed by atoms with Crippen molar-refractivity contribution in [3.8, 4) is 0 Å². The van der Waals surface area contributed by atoms with E-state index >= 15 is 0 Å². The highest BCUT2D eigenvalue weighted by atomic mass is 16.2. The number of carbonyl (C=O) groups excluding carboxylic acids is 1. The molecule has 4 nitrogen and oxygen atoms in total. The van der Waals surface area contributed by atoms with Gasteiger partial charge in [0, 0.05) is 26.2 Å². The topological polar surface area (TPSA) is 44.4 Å². The summed E-state index contributed by atoms with van der Waals surface area (Å²) in [5, 5.41) is 6.32. The van der Waals surface area contributed by atoms with E-state index < -0.39 is 0 Å². The molecule has 2 aliphatic rings. The molecule has 2 fully saturated rings. The zero-order valence-corrected chi connectivity index (χ0v) is 7.34. The monoisotopic (exact) mass is 169 g/mol. The van der Waals surface area contributed by atoms with Gasteiger partial charge >= 0.3 is 0 Å². The van der Waals surface area contributed by atoms with Crippen LogP contribution in [0.4, 0.5) is 0 Å². The van der Waals surface area contributed by atoms with Crippen molar-refractivity contribution in [3.63, 3.8) is 0 Å². The number of hydrogen-bond donors (Lipinski definition) is 2. The fourth-order valence-corrected chi connectivity index (χ4v) is 1.98. The van der Waals surface area contributed by atoms with Crippen LogP contribution < -0.4 is 10.6 Å². The van der Waals surface area contributed by atoms with Gasteiger partial charge in [-0.2, -0.15) is 0 Å². The summed E-state index contributed by atoms with van der Waals surface area (Å²) in [6.07, 6.45) is 0. The minimum atomic E-state index is 0.141. The van der Waals surface area contributed by atoms with E-state index in [0.29, 0.717) is 6.04 Å². The fourth-order valence-electron chi connectivity index (χ4n) is 1.98. The molecule has 2 N–H and O–H groups in total. The van der Waals surface area contributed by atoms with E-state index in [-0.39, 0.29) is 11.8 Å². The molecule has 0 aromatic heterocycles. The molecule has 0 saturated carbocycles. The lowest BCUT2D eigenvalue weighted by Crippen LogP contribution is -2.44. The molecule has 68 valence electrons. The predicted molar refractivity (Wildman–Crippen MR) is 45.8 cm³/mol. The van der Waals surface area contributed by atoms with Crippen LogP contribution in [0.15, 0.2) is 0 Å². The third kappa shape index (κ3) is 1.44. The Balaban J connectivity index is 2.16. The molecule has 2 rings (SSSR count). The average Bonchev–Trinajstić information content (AvgIpc) is 2.18. The van der Waals surface area contributed by atoms with Crippen LogP contribution in [-0.2, 0) is 4.79 Å². The number of rotatable bonds is 0. The third-order valence-electron chi connectivity index (χ3n) is 2.56. The van der Waals surface area contributed by atoms with Gasteiger partial charge in [-0.05, 0) is 7.05 Å². The van der Waals surface area contributed by atoms with Crippen molar-refractivity contribution in [3.05, 3.63) is 0 Å². The lowest BCUT2D eigenvalue weighted by molar-refractivity contribution is -0.124. The van der Waals surface area contributed by atoms with E-state index in [9.17, 15) is 4.79 Å². The smallest absolute Gasteiger partial charge is 0.225 e. The van der Waals surface area contributed by atoms with Crippen molar-refractivity contribution in [2.75, 3.05) is 33.2 Å². The van der Waals surface area contributed by atoms with Crippen LogP contribution >= 0.6 is 0 Å². The minimum Gasteiger partial charge on any atom is -0.350 e. The predicted octanol–water partition coefficient (Wildman–Crippen LogP) is -1.36. The van der Waals surface area contributed by atoms with Crippen molar-refractivity contribution in [2.45, 2.75) is 6.04 Å². The summed E-state index contributed by atoms with van der Waals surface area (Å²) in [4.78, 5) is 13.7. The molecular weight excluding hydrogens is 154 g/mol. The number of nitrogens with zero attached hydrogens (tertiary/aromatic N) is 1. The van der Waals surface area contributed by atoms with Gasteiger partial charge in [-0.25, -0.2) is 0 Å². The standard InChI is InChI=1S/C8H15N3O/c1-11-4-6-2-9-3-7(5-11)10-8(6)12/h6-7,9H,2-5H2,1H3,(H,10,12). The summed E-state index contributed by atoms with van der Waals surface area (Å²) in [6.45, 7) is 3.59. The normalized spacial score (nSPS) is 37.2. The molecule has 1 amide bonds. The maximum atomic E-state index is 11.5. The van der Waals surface area contributed by atoms with Crippen molar-refractivity contribution < 1.29 is 4.79 Å². The second kappa shape index (κ2) is 3.03. The summed E-state index contributed by atoms with van der Waals surface area (Å²) < 4.78 is 0. The Labute approximate surface area is 72.3 Å². The van der Waals surface area contributed by atoms with E-state index in [1.807, 2.05) is 0 Å². The largest absolute Gasteiger partial charge is 0.350 e. The SMILES string of the molecule is CN1CC2CNCC(C1)C(=O)N2. The number of carbonyl (C=O) groups is 1. The van der Waals surface area contributed by atoms with Crippen molar-refractivity contribution >= 4 is 5.91 Å². The van der Waals surface area contributed by atoms with Gasteiger partial charge in [-0.3, -0.25) is 4.79 Å². The molecule has 0 radical (unpaired) electrons. The van der Waals surface area contributed by atoms with E-state index in [2.05, 4.69) is 22.6 Å². The van der Waals surface area contributed by atoms with Gasteiger partial charge in [0.2, 0.25) is 5.91 Å². The summed E-state index contributed by atoms with van der Waals surface area (Å²) in [5.41, 5.74) is 0. The molecule has 2 saturated heterocycles. The zero-order chi connectivity index (χ0) is 8.55. The zero-order valence-electron chi connectivity index (χ0n) is 7.34. The molecule has 2 atom stereocenters. The van der Waals surface area contributed by atoms with Crippen LogP contribution in [0.2, 0.25) is 0 Å². The van der Waals surface area contributed by atoms with Gasteiger partial charge < -0.3 is 15.5 Å². The number of fused-ring (bicyclic) bond motifs is 3. The Morgan fingerprint density at radius 3 is 3.08 bits per heavy atom. The highest BCUT2D eigenvalue weighted by molar-refractivity contribution is 5.80. The van der Waals surface area contributed by atoms with Crippen molar-refractivity contribution in [1.29, 1.82) is 0 Å². The molecule has 0 spiro atoms. The fraction of sp³-hybridized carbons (Fsp3) is 0.875. The van der Waals surface area contributed by atoms with Crippen LogP contribution in [0.25, 0.3) is 0 Å². The first-order valence-electron chi connectivity index (χ1n) is 4.45. The molecule has 2 heterocycles. The molecule has 12 heavy (non-hydrogen) atoms. The third-order valence-corrected chi connectivity index (χ3v) is 2.56. The van der Waals surface area contributed by atoms with Crippen LogP contribution in [0.3, 0.4) is 0 Å². The van der Waals surface area contributed by atoms with Crippen molar-refractivity contribution in [1.82, 2.24) is 15.5 Å². The highest BCUT2D eigenvalue weighted by Crippen LogP contribution is 2.08. The van der Waals surface area contributed by atoms with Gasteiger partial charge in [-0.1, -0.05) is 0 Å². The minimum absolute atomic E-state index is 0.141. The Kier molecular flexibility index (Phi) is 2.02. The molecular formula is C8H15N3O. The molecule has 4 heteroatoms. The Morgan fingerprint density at radius 1 is 1.42 bits per heavy atom. The van der Waals surface area contributed by atoms with Gasteiger partial charge in [0.1, 0.15) is 0 Å². The highest BCUT2D eigenvalue weighted by Gasteiger charge is 2.30. The Bertz CT molecular complexity index is 195. The molecule has 0 aliphatic carbocycles. The van der Waals surface area contributed by atoms with E-state index in [1.165, 1.54) is 0 Å². The first kappa shape index (κ1) is 8.01. The average molecular weight is 169 g/mol. The number of hydrogen-bond acceptors (Lipinski definition) is 3. The molecule has 0 aromatic carbocycles. The quantitative estimate of drug-likeness (QED) is 0.470. The van der Waals surface area contributed by atoms with Gasteiger partial charge in [0.05, 0.1) is 12.0 Å². The first-order chi connectivity index (χ1) is 5.75. The molecule has 0 aromatic rings. The van der Waals surface area contributed by atoms with E-state index in [4.69, 9.17) is 0 Å². The van der Waals surface area contributed by atoms with Gasteiger partial charge in [0.15, 0.2) is 0 Å². The van der Waals surface area contributed by atoms with E-state index in [1.54, 1.807) is 0 Å².